The summed E-state index contributed by atoms with van der Waals surface area (Å²) in [6, 6.07) is 6.22. The van der Waals surface area contributed by atoms with Crippen molar-refractivity contribution in [1.82, 2.24) is 0 Å². The first-order chi connectivity index (χ1) is 8.04. The molecule has 1 unspecified atom stereocenters. The molecule has 0 aliphatic carbocycles. The summed E-state index contributed by atoms with van der Waals surface area (Å²) in [5.41, 5.74) is 0.394. The summed E-state index contributed by atoms with van der Waals surface area (Å²) in [6.07, 6.45) is 1.40. The number of aliphatic hydroxyl groups excluding tert-OH is 1. The van der Waals surface area contributed by atoms with Crippen molar-refractivity contribution in [3.63, 3.8) is 0 Å². The zero-order valence-corrected chi connectivity index (χ0v) is 10.1. The van der Waals surface area contributed by atoms with Crippen LogP contribution in [0.5, 0.6) is 0 Å². The lowest BCUT2D eigenvalue weighted by Crippen LogP contribution is -2.35. The van der Waals surface area contributed by atoms with E-state index < -0.39 is 5.82 Å². The average Bonchev–Trinajstić information content (AvgIpc) is 2.29. The maximum atomic E-state index is 13.4. The molecular weight excluding hydrogens is 219 g/mol. The minimum atomic E-state index is -0.528. The number of hydrogen-bond acceptors (Lipinski definition) is 3. The Labute approximate surface area is 101 Å². The van der Waals surface area contributed by atoms with Gasteiger partial charge in [0.15, 0.2) is 0 Å². The Bertz CT molecular complexity index is 428. The number of anilines is 1. The maximum Gasteiger partial charge on any atom is 0.143 e. The Morgan fingerprint density at radius 1 is 1.53 bits per heavy atom. The molecule has 0 aliphatic rings. The van der Waals surface area contributed by atoms with Crippen LogP contribution in [0, 0.1) is 17.1 Å². The molecule has 1 aromatic rings. The van der Waals surface area contributed by atoms with Crippen LogP contribution in [0.25, 0.3) is 0 Å². The quantitative estimate of drug-likeness (QED) is 0.826. The Morgan fingerprint density at radius 2 is 2.24 bits per heavy atom. The normalized spacial score (nSPS) is 13.8. The highest BCUT2D eigenvalue weighted by atomic mass is 19.1. The van der Waals surface area contributed by atoms with Gasteiger partial charge in [0, 0.05) is 17.8 Å². The Balaban J connectivity index is 2.88. The summed E-state index contributed by atoms with van der Waals surface area (Å²) in [5, 5.41) is 20.8. The molecule has 1 atom stereocenters. The monoisotopic (exact) mass is 236 g/mol. The molecule has 0 bridgehead atoms. The van der Waals surface area contributed by atoms with Crippen LogP contribution in [0.3, 0.4) is 0 Å². The van der Waals surface area contributed by atoms with E-state index >= 15 is 0 Å². The highest BCUT2D eigenvalue weighted by Crippen LogP contribution is 2.23. The van der Waals surface area contributed by atoms with Crippen LogP contribution in [0.15, 0.2) is 18.2 Å². The standard InChI is InChI=1S/C13H17FN2O/c1-3-13(2,6-7-17)16-11-5-4-10(9-15)12(14)8-11/h4-5,8,16-17H,3,6-7H2,1-2H3. The van der Waals surface area contributed by atoms with E-state index in [2.05, 4.69) is 5.32 Å². The van der Waals surface area contributed by atoms with Gasteiger partial charge in [-0.05, 0) is 38.0 Å². The zero-order valence-electron chi connectivity index (χ0n) is 10.1. The molecule has 0 saturated carbocycles. The molecule has 0 saturated heterocycles. The molecule has 0 aliphatic heterocycles. The molecule has 0 amide bonds. The SMILES string of the molecule is CCC(C)(CCO)Nc1ccc(C#N)c(F)c1. The van der Waals surface area contributed by atoms with Gasteiger partial charge in [-0.3, -0.25) is 0 Å². The van der Waals surface area contributed by atoms with E-state index in [4.69, 9.17) is 10.4 Å². The lowest BCUT2D eigenvalue weighted by Gasteiger charge is -2.30. The van der Waals surface area contributed by atoms with Crippen molar-refractivity contribution in [2.24, 2.45) is 0 Å². The van der Waals surface area contributed by atoms with E-state index in [1.807, 2.05) is 13.8 Å². The van der Waals surface area contributed by atoms with E-state index in [1.165, 1.54) is 12.1 Å². The number of aliphatic hydroxyl groups is 1. The second kappa shape index (κ2) is 5.65. The number of rotatable bonds is 5. The predicted molar refractivity (Wildman–Crippen MR) is 65.1 cm³/mol. The molecule has 0 radical (unpaired) electrons. The molecule has 0 aromatic heterocycles. The summed E-state index contributed by atoms with van der Waals surface area (Å²) in [5.74, 6) is -0.528. The maximum absolute atomic E-state index is 13.4. The van der Waals surface area contributed by atoms with Gasteiger partial charge in [-0.2, -0.15) is 5.26 Å². The number of halogens is 1. The highest BCUT2D eigenvalue weighted by molar-refractivity contribution is 5.49. The van der Waals surface area contributed by atoms with Crippen LogP contribution >= 0.6 is 0 Å². The summed E-state index contributed by atoms with van der Waals surface area (Å²) in [6.45, 7) is 4.05. The Hall–Kier alpha value is -1.60. The number of benzene rings is 1. The third-order valence-electron chi connectivity index (χ3n) is 2.98. The van der Waals surface area contributed by atoms with E-state index in [0.717, 1.165) is 6.42 Å². The molecule has 0 spiro atoms. The second-order valence-corrected chi connectivity index (χ2v) is 4.32. The highest BCUT2D eigenvalue weighted by Gasteiger charge is 2.21. The number of nitrogens with zero attached hydrogens (tertiary/aromatic N) is 1. The van der Waals surface area contributed by atoms with Gasteiger partial charge in [0.2, 0.25) is 0 Å². The van der Waals surface area contributed by atoms with Crippen molar-refractivity contribution < 1.29 is 9.50 Å². The van der Waals surface area contributed by atoms with Gasteiger partial charge in [-0.15, -0.1) is 0 Å². The summed E-state index contributed by atoms with van der Waals surface area (Å²) < 4.78 is 13.4. The summed E-state index contributed by atoms with van der Waals surface area (Å²) >= 11 is 0. The first kappa shape index (κ1) is 13.5. The van der Waals surface area contributed by atoms with E-state index in [9.17, 15) is 4.39 Å². The summed E-state index contributed by atoms with van der Waals surface area (Å²) in [7, 11) is 0. The van der Waals surface area contributed by atoms with Gasteiger partial charge in [-0.1, -0.05) is 6.92 Å². The lowest BCUT2D eigenvalue weighted by molar-refractivity contribution is 0.252. The third-order valence-corrected chi connectivity index (χ3v) is 2.98. The molecule has 0 fully saturated rings. The van der Waals surface area contributed by atoms with E-state index in [1.54, 1.807) is 12.1 Å². The fourth-order valence-electron chi connectivity index (χ4n) is 1.61. The predicted octanol–water partition coefficient (Wildman–Crippen LogP) is 2.66. The lowest BCUT2D eigenvalue weighted by atomic mass is 9.94. The number of nitriles is 1. The number of nitrogens with one attached hydrogen (secondary N) is 1. The molecule has 92 valence electrons. The summed E-state index contributed by atoms with van der Waals surface area (Å²) in [4.78, 5) is 0. The topological polar surface area (TPSA) is 56.0 Å². The number of hydrogen-bond donors (Lipinski definition) is 2. The van der Waals surface area contributed by atoms with Crippen LogP contribution in [-0.4, -0.2) is 17.3 Å². The van der Waals surface area contributed by atoms with Gasteiger partial charge in [-0.25, -0.2) is 4.39 Å². The van der Waals surface area contributed by atoms with Crippen molar-refractivity contribution in [2.75, 3.05) is 11.9 Å². The second-order valence-electron chi connectivity index (χ2n) is 4.32. The van der Waals surface area contributed by atoms with Crippen molar-refractivity contribution in [2.45, 2.75) is 32.2 Å². The van der Waals surface area contributed by atoms with Gasteiger partial charge in [0.1, 0.15) is 11.9 Å². The first-order valence-electron chi connectivity index (χ1n) is 5.63. The molecule has 3 nitrogen and oxygen atoms in total. The van der Waals surface area contributed by atoms with Crippen molar-refractivity contribution in [3.8, 4) is 6.07 Å². The van der Waals surface area contributed by atoms with Crippen LogP contribution in [0.4, 0.5) is 10.1 Å². The van der Waals surface area contributed by atoms with Gasteiger partial charge >= 0.3 is 0 Å². The molecule has 1 aromatic carbocycles. The Kier molecular flexibility index (Phi) is 4.47. The minimum Gasteiger partial charge on any atom is -0.396 e. The molecular formula is C13H17FN2O. The zero-order chi connectivity index (χ0) is 12.9. The molecule has 17 heavy (non-hydrogen) atoms. The largest absolute Gasteiger partial charge is 0.396 e. The fraction of sp³-hybridized carbons (Fsp3) is 0.462. The van der Waals surface area contributed by atoms with Crippen molar-refractivity contribution in [3.05, 3.63) is 29.6 Å². The van der Waals surface area contributed by atoms with Crippen LogP contribution < -0.4 is 5.32 Å². The fourth-order valence-corrected chi connectivity index (χ4v) is 1.61. The van der Waals surface area contributed by atoms with E-state index in [-0.39, 0.29) is 17.7 Å². The van der Waals surface area contributed by atoms with E-state index in [0.29, 0.717) is 12.1 Å². The van der Waals surface area contributed by atoms with Crippen LogP contribution in [0.2, 0.25) is 0 Å². The first-order valence-corrected chi connectivity index (χ1v) is 5.63. The average molecular weight is 236 g/mol. The molecule has 2 N–H and O–H groups in total. The Morgan fingerprint density at radius 3 is 2.71 bits per heavy atom. The van der Waals surface area contributed by atoms with Crippen molar-refractivity contribution >= 4 is 5.69 Å². The minimum absolute atomic E-state index is 0.0379. The molecule has 4 heteroatoms. The van der Waals surface area contributed by atoms with Crippen molar-refractivity contribution in [1.29, 1.82) is 5.26 Å². The third kappa shape index (κ3) is 3.43. The van der Waals surface area contributed by atoms with Gasteiger partial charge in [0.25, 0.3) is 0 Å². The van der Waals surface area contributed by atoms with Gasteiger partial charge < -0.3 is 10.4 Å². The molecule has 0 heterocycles. The van der Waals surface area contributed by atoms with Crippen LogP contribution in [-0.2, 0) is 0 Å². The van der Waals surface area contributed by atoms with Gasteiger partial charge in [0.05, 0.1) is 5.56 Å². The molecule has 1 rings (SSSR count). The van der Waals surface area contributed by atoms with Crippen LogP contribution in [0.1, 0.15) is 32.3 Å². The smallest absolute Gasteiger partial charge is 0.143 e.